The van der Waals surface area contributed by atoms with Crippen molar-refractivity contribution in [2.24, 2.45) is 11.8 Å². The van der Waals surface area contributed by atoms with Crippen molar-refractivity contribution in [2.45, 2.75) is 48.8 Å². The lowest BCUT2D eigenvalue weighted by atomic mass is 9.74. The van der Waals surface area contributed by atoms with E-state index in [2.05, 4.69) is 6.08 Å². The standard InChI is InChI=1S/C22H31N3O4S/c1-14(2)24-11-6-9-22-16(19(28)25(12-7-13-26)17(22)20(24)29)15-18(27)23(4)10-5-8-21(15,3)30-22/h5-6,8-9,14-17,26H,7,10-13H2,1-4H3/t15-,16-,17?,21+,22-/m0/s1. The summed E-state index contributed by atoms with van der Waals surface area (Å²) < 4.78 is -1.34. The van der Waals surface area contributed by atoms with Gasteiger partial charge in [0, 0.05) is 44.1 Å². The number of carbonyl (C=O) groups is 3. The number of nitrogens with zero attached hydrogens (tertiary/aromatic N) is 3. The van der Waals surface area contributed by atoms with Gasteiger partial charge in [0.25, 0.3) is 0 Å². The molecule has 0 bridgehead atoms. The molecule has 164 valence electrons. The Morgan fingerprint density at radius 3 is 2.47 bits per heavy atom. The van der Waals surface area contributed by atoms with Crippen LogP contribution in [0.5, 0.6) is 0 Å². The molecule has 0 radical (unpaired) electrons. The first-order valence-electron chi connectivity index (χ1n) is 10.7. The molecule has 8 heteroatoms. The molecule has 0 saturated carbocycles. The summed E-state index contributed by atoms with van der Waals surface area (Å²) in [6.45, 7) is 7.25. The zero-order valence-corrected chi connectivity index (χ0v) is 18.9. The molecule has 2 fully saturated rings. The van der Waals surface area contributed by atoms with Gasteiger partial charge in [-0.2, -0.15) is 0 Å². The highest BCUT2D eigenvalue weighted by molar-refractivity contribution is 8.02. The number of aliphatic hydroxyl groups is 1. The predicted octanol–water partition coefficient (Wildman–Crippen LogP) is 0.891. The second-order valence-corrected chi connectivity index (χ2v) is 11.0. The monoisotopic (exact) mass is 433 g/mol. The first kappa shape index (κ1) is 21.4. The van der Waals surface area contributed by atoms with Crippen molar-refractivity contribution in [2.75, 3.05) is 33.3 Å². The van der Waals surface area contributed by atoms with Crippen molar-refractivity contribution in [3.05, 3.63) is 24.3 Å². The maximum atomic E-state index is 13.8. The first-order chi connectivity index (χ1) is 14.2. The van der Waals surface area contributed by atoms with E-state index in [1.807, 2.05) is 39.0 Å². The Morgan fingerprint density at radius 2 is 1.80 bits per heavy atom. The number of hydrogen-bond acceptors (Lipinski definition) is 5. The Labute approximate surface area is 182 Å². The molecule has 1 spiro atoms. The van der Waals surface area contributed by atoms with Crippen molar-refractivity contribution >= 4 is 29.5 Å². The minimum Gasteiger partial charge on any atom is -0.396 e. The number of likely N-dealkylation sites (tertiary alicyclic amines) is 1. The lowest BCUT2D eigenvalue weighted by Crippen LogP contribution is -2.54. The fraction of sp³-hybridized carbons (Fsp3) is 0.682. The third-order valence-corrected chi connectivity index (χ3v) is 8.77. The predicted molar refractivity (Wildman–Crippen MR) is 116 cm³/mol. The Balaban J connectivity index is 1.87. The van der Waals surface area contributed by atoms with Crippen molar-refractivity contribution < 1.29 is 19.5 Å². The average Bonchev–Trinajstić information content (AvgIpc) is 2.95. The van der Waals surface area contributed by atoms with Crippen molar-refractivity contribution in [3.63, 3.8) is 0 Å². The third kappa shape index (κ3) is 2.87. The van der Waals surface area contributed by atoms with Crippen LogP contribution in [0.25, 0.3) is 0 Å². The van der Waals surface area contributed by atoms with Gasteiger partial charge in [-0.05, 0) is 27.2 Å². The topological polar surface area (TPSA) is 81.2 Å². The van der Waals surface area contributed by atoms with Gasteiger partial charge < -0.3 is 19.8 Å². The van der Waals surface area contributed by atoms with E-state index in [0.717, 1.165) is 0 Å². The number of likely N-dealkylation sites (N-methyl/N-ethyl adjacent to an activating group) is 1. The van der Waals surface area contributed by atoms with Crippen LogP contribution in [0.2, 0.25) is 0 Å². The highest BCUT2D eigenvalue weighted by Crippen LogP contribution is 2.65. The lowest BCUT2D eigenvalue weighted by Gasteiger charge is -2.37. The molecule has 30 heavy (non-hydrogen) atoms. The Kier molecular flexibility index (Phi) is 5.29. The largest absolute Gasteiger partial charge is 0.396 e. The Morgan fingerprint density at radius 1 is 1.10 bits per heavy atom. The molecule has 5 atom stereocenters. The van der Waals surface area contributed by atoms with E-state index in [1.165, 1.54) is 0 Å². The van der Waals surface area contributed by atoms with Gasteiger partial charge in [-0.25, -0.2) is 0 Å². The lowest BCUT2D eigenvalue weighted by molar-refractivity contribution is -0.145. The summed E-state index contributed by atoms with van der Waals surface area (Å²) in [7, 11) is 1.77. The van der Waals surface area contributed by atoms with Gasteiger partial charge in [-0.15, -0.1) is 11.8 Å². The molecule has 2 saturated heterocycles. The van der Waals surface area contributed by atoms with Gasteiger partial charge in [0.2, 0.25) is 17.7 Å². The molecule has 1 unspecified atom stereocenters. The smallest absolute Gasteiger partial charge is 0.247 e. The minimum atomic E-state index is -0.787. The number of amides is 3. The van der Waals surface area contributed by atoms with E-state index in [9.17, 15) is 19.5 Å². The summed E-state index contributed by atoms with van der Waals surface area (Å²) in [5.74, 6) is -1.38. The minimum absolute atomic E-state index is 0.00581. The van der Waals surface area contributed by atoms with Crippen LogP contribution in [-0.2, 0) is 14.4 Å². The molecule has 3 amide bonds. The van der Waals surface area contributed by atoms with E-state index >= 15 is 0 Å². The maximum absolute atomic E-state index is 13.8. The van der Waals surface area contributed by atoms with Crippen LogP contribution in [0, 0.1) is 11.8 Å². The second kappa shape index (κ2) is 7.41. The Bertz CT molecular complexity index is 827. The van der Waals surface area contributed by atoms with Gasteiger partial charge in [-0.3, -0.25) is 14.4 Å². The Hall–Kier alpha value is -1.80. The number of thioether (sulfide) groups is 1. The molecular weight excluding hydrogens is 402 g/mol. The van der Waals surface area contributed by atoms with E-state index in [-0.39, 0.29) is 30.4 Å². The van der Waals surface area contributed by atoms with Crippen molar-refractivity contribution in [1.82, 2.24) is 14.7 Å². The zero-order valence-electron chi connectivity index (χ0n) is 18.1. The van der Waals surface area contributed by atoms with Crippen LogP contribution >= 0.6 is 11.8 Å². The van der Waals surface area contributed by atoms with Gasteiger partial charge in [-0.1, -0.05) is 24.3 Å². The van der Waals surface area contributed by atoms with Crippen molar-refractivity contribution in [3.8, 4) is 0 Å². The van der Waals surface area contributed by atoms with E-state index < -0.39 is 27.4 Å². The maximum Gasteiger partial charge on any atom is 0.247 e. The summed E-state index contributed by atoms with van der Waals surface area (Å²) in [6, 6.07) is -0.658. The molecule has 4 heterocycles. The summed E-state index contributed by atoms with van der Waals surface area (Å²) in [4.78, 5) is 46.0. The van der Waals surface area contributed by atoms with Crippen LogP contribution in [0.3, 0.4) is 0 Å². The summed E-state index contributed by atoms with van der Waals surface area (Å²) in [6.07, 6.45) is 8.49. The molecule has 0 aromatic heterocycles. The second-order valence-electron chi connectivity index (χ2n) is 9.21. The summed E-state index contributed by atoms with van der Waals surface area (Å²) in [5.41, 5.74) is 0. The molecule has 0 aromatic rings. The SMILES string of the molecule is CC(C)N1CC=C[C@]23S[C@]4(C)C=CCN(C)C(=O)[C@@H]4[C@H]2C(=O)N(CCCO)C3C1=O. The van der Waals surface area contributed by atoms with E-state index in [1.54, 1.807) is 33.5 Å². The number of rotatable bonds is 4. The van der Waals surface area contributed by atoms with Crippen molar-refractivity contribution in [1.29, 1.82) is 0 Å². The molecule has 4 rings (SSSR count). The molecule has 1 N–H and O–H groups in total. The van der Waals surface area contributed by atoms with Crippen LogP contribution in [0.1, 0.15) is 27.2 Å². The molecule has 0 aromatic carbocycles. The number of carbonyl (C=O) groups excluding carboxylic acids is 3. The van der Waals surface area contributed by atoms with E-state index in [0.29, 0.717) is 26.1 Å². The highest BCUT2D eigenvalue weighted by atomic mass is 32.2. The number of hydrogen-bond donors (Lipinski definition) is 1. The van der Waals surface area contributed by atoms with Gasteiger partial charge >= 0.3 is 0 Å². The first-order valence-corrected chi connectivity index (χ1v) is 11.5. The highest BCUT2D eigenvalue weighted by Gasteiger charge is 2.73. The van der Waals surface area contributed by atoms with Crippen LogP contribution < -0.4 is 0 Å². The third-order valence-electron chi connectivity index (χ3n) is 6.97. The molecular formula is C22H31N3O4S. The quantitative estimate of drug-likeness (QED) is 0.666. The normalized spacial score (nSPS) is 38.1. The average molecular weight is 434 g/mol. The van der Waals surface area contributed by atoms with Crippen LogP contribution in [0.15, 0.2) is 24.3 Å². The molecule has 7 nitrogen and oxygen atoms in total. The van der Waals surface area contributed by atoms with Crippen LogP contribution in [-0.4, -0.2) is 92.4 Å². The summed E-state index contributed by atoms with van der Waals surface area (Å²) in [5, 5.41) is 9.39. The molecule has 4 aliphatic rings. The fourth-order valence-electron chi connectivity index (χ4n) is 5.61. The van der Waals surface area contributed by atoms with Gasteiger partial charge in [0.1, 0.15) is 6.04 Å². The molecule has 0 aliphatic carbocycles. The number of aliphatic hydroxyl groups excluding tert-OH is 1. The van der Waals surface area contributed by atoms with Gasteiger partial charge in [0.15, 0.2) is 0 Å². The zero-order chi connectivity index (χ0) is 21.8. The fourth-order valence-corrected chi connectivity index (χ4v) is 7.76. The number of fused-ring (bicyclic) bond motifs is 2. The van der Waals surface area contributed by atoms with Crippen LogP contribution in [0.4, 0.5) is 0 Å². The van der Waals surface area contributed by atoms with Gasteiger partial charge in [0.05, 0.1) is 16.6 Å². The molecule has 4 aliphatic heterocycles. The summed E-state index contributed by atoms with van der Waals surface area (Å²) >= 11 is 1.60. The van der Waals surface area contributed by atoms with E-state index in [4.69, 9.17) is 0 Å².